The summed E-state index contributed by atoms with van der Waals surface area (Å²) in [4.78, 5) is 21.8. The van der Waals surface area contributed by atoms with Crippen LogP contribution in [0.5, 0.6) is 5.75 Å². The van der Waals surface area contributed by atoms with Crippen LogP contribution in [-0.4, -0.2) is 30.4 Å². The molecule has 0 aliphatic carbocycles. The van der Waals surface area contributed by atoms with Gasteiger partial charge in [0.2, 0.25) is 5.89 Å². The van der Waals surface area contributed by atoms with Gasteiger partial charge in [0.25, 0.3) is 0 Å². The van der Waals surface area contributed by atoms with Crippen LogP contribution < -0.4 is 4.74 Å². The zero-order chi connectivity index (χ0) is 22.9. The molecule has 0 saturated carbocycles. The first-order valence-electron chi connectivity index (χ1n) is 10.5. The number of esters is 1. The summed E-state index contributed by atoms with van der Waals surface area (Å²) in [6.07, 6.45) is 0.457. The van der Waals surface area contributed by atoms with Gasteiger partial charge < -0.3 is 18.7 Å². The highest BCUT2D eigenvalue weighted by atomic mass is 16.6. The minimum atomic E-state index is -0.507. The highest BCUT2D eigenvalue weighted by Gasteiger charge is 2.23. The number of hydrogen-bond donors (Lipinski definition) is 0. The summed E-state index contributed by atoms with van der Waals surface area (Å²) in [6.45, 7) is 6.21. The number of oxazole rings is 1. The van der Waals surface area contributed by atoms with Gasteiger partial charge in [-0.2, -0.15) is 0 Å². The quantitative estimate of drug-likeness (QED) is 0.253. The van der Waals surface area contributed by atoms with E-state index in [-0.39, 0.29) is 5.97 Å². The molecular formula is C25H28N2O5. The fraction of sp³-hybridized carbons (Fsp3) is 0.320. The minimum absolute atomic E-state index is 0.298. The number of carbonyl (C=O) groups excluding carboxylic acids is 1. The molecule has 32 heavy (non-hydrogen) atoms. The summed E-state index contributed by atoms with van der Waals surface area (Å²) in [5.41, 5.74) is 3.22. The number of hydrogen-bond acceptors (Lipinski definition) is 7. The van der Waals surface area contributed by atoms with Crippen LogP contribution in [0.2, 0.25) is 0 Å². The standard InChI is InChI=1S/C25H28N2O5/c1-5-31-27-17(2)22(25(28)29-4)15-19-11-13-21(14-12-19)30-16-23-18(3)32-24(26-23)20-9-7-6-8-10-20/h6-14,22H,5,15-16H2,1-4H3/b27-17-. The lowest BCUT2D eigenvalue weighted by molar-refractivity contribution is -0.143. The number of aryl methyl sites for hydroxylation is 1. The number of ether oxygens (including phenoxy) is 2. The largest absolute Gasteiger partial charge is 0.487 e. The molecule has 7 heteroatoms. The summed E-state index contributed by atoms with van der Waals surface area (Å²) < 4.78 is 16.6. The Morgan fingerprint density at radius 1 is 1.12 bits per heavy atom. The van der Waals surface area contributed by atoms with E-state index in [9.17, 15) is 4.79 Å². The maximum absolute atomic E-state index is 12.2. The van der Waals surface area contributed by atoms with Crippen LogP contribution in [-0.2, 0) is 27.4 Å². The van der Waals surface area contributed by atoms with Crippen LogP contribution in [0.1, 0.15) is 30.9 Å². The molecule has 0 aliphatic rings. The number of nitrogens with zero attached hydrogens (tertiary/aromatic N) is 2. The second kappa shape index (κ2) is 11.1. The summed E-state index contributed by atoms with van der Waals surface area (Å²) in [7, 11) is 1.37. The first-order valence-corrected chi connectivity index (χ1v) is 10.5. The van der Waals surface area contributed by atoms with E-state index < -0.39 is 5.92 Å². The number of oxime groups is 1. The third kappa shape index (κ3) is 5.97. The molecule has 1 heterocycles. The second-order valence-corrected chi connectivity index (χ2v) is 7.25. The first kappa shape index (κ1) is 23.1. The molecule has 1 aromatic heterocycles. The third-order valence-electron chi connectivity index (χ3n) is 4.98. The van der Waals surface area contributed by atoms with Crippen LogP contribution in [0.4, 0.5) is 0 Å². The van der Waals surface area contributed by atoms with Crippen molar-refractivity contribution in [1.29, 1.82) is 0 Å². The van der Waals surface area contributed by atoms with Gasteiger partial charge in [0.05, 0.1) is 12.8 Å². The Labute approximate surface area is 188 Å². The third-order valence-corrected chi connectivity index (χ3v) is 4.98. The Bertz CT molecular complexity index is 1040. The van der Waals surface area contributed by atoms with Crippen molar-refractivity contribution in [2.75, 3.05) is 13.7 Å². The maximum Gasteiger partial charge on any atom is 0.314 e. The molecule has 0 fully saturated rings. The highest BCUT2D eigenvalue weighted by molar-refractivity contribution is 6.00. The van der Waals surface area contributed by atoms with Crippen LogP contribution in [0.25, 0.3) is 11.5 Å². The molecule has 3 rings (SSSR count). The minimum Gasteiger partial charge on any atom is -0.487 e. The Hall–Kier alpha value is -3.61. The normalized spacial score (nSPS) is 12.3. The SMILES string of the molecule is CCO/N=C(/C)C(Cc1ccc(OCc2nc(-c3ccccc3)oc2C)cc1)C(=O)OC. The molecule has 0 bridgehead atoms. The summed E-state index contributed by atoms with van der Waals surface area (Å²) in [5, 5.41) is 4.00. The molecule has 2 aromatic carbocycles. The van der Waals surface area contributed by atoms with Gasteiger partial charge in [0, 0.05) is 5.56 Å². The van der Waals surface area contributed by atoms with Gasteiger partial charge in [-0.1, -0.05) is 35.5 Å². The molecule has 0 aliphatic heterocycles. The Balaban J connectivity index is 1.63. The van der Waals surface area contributed by atoms with E-state index in [0.717, 1.165) is 22.6 Å². The van der Waals surface area contributed by atoms with Gasteiger partial charge in [-0.25, -0.2) is 4.98 Å². The van der Waals surface area contributed by atoms with E-state index in [0.29, 0.717) is 37.0 Å². The number of rotatable bonds is 10. The van der Waals surface area contributed by atoms with Crippen molar-refractivity contribution >= 4 is 11.7 Å². The molecule has 0 spiro atoms. The predicted molar refractivity (Wildman–Crippen MR) is 121 cm³/mol. The topological polar surface area (TPSA) is 83.2 Å². The van der Waals surface area contributed by atoms with Crippen LogP contribution in [0, 0.1) is 12.8 Å². The van der Waals surface area contributed by atoms with Crippen molar-refractivity contribution in [2.24, 2.45) is 11.1 Å². The van der Waals surface area contributed by atoms with Crippen molar-refractivity contribution in [3.8, 4) is 17.2 Å². The average Bonchev–Trinajstić information content (AvgIpc) is 3.21. The Kier molecular flexibility index (Phi) is 8.02. The van der Waals surface area contributed by atoms with Gasteiger partial charge in [0.1, 0.15) is 36.3 Å². The van der Waals surface area contributed by atoms with Gasteiger partial charge in [-0.15, -0.1) is 0 Å². The highest BCUT2D eigenvalue weighted by Crippen LogP contribution is 2.23. The lowest BCUT2D eigenvalue weighted by Gasteiger charge is -2.14. The molecular weight excluding hydrogens is 408 g/mol. The Morgan fingerprint density at radius 2 is 1.84 bits per heavy atom. The van der Waals surface area contributed by atoms with Crippen molar-refractivity contribution in [3.05, 3.63) is 71.6 Å². The van der Waals surface area contributed by atoms with Crippen LogP contribution >= 0.6 is 0 Å². The van der Waals surface area contributed by atoms with E-state index in [1.165, 1.54) is 7.11 Å². The van der Waals surface area contributed by atoms with Crippen LogP contribution in [0.3, 0.4) is 0 Å². The fourth-order valence-electron chi connectivity index (χ4n) is 3.15. The van der Waals surface area contributed by atoms with E-state index in [1.54, 1.807) is 6.92 Å². The zero-order valence-electron chi connectivity index (χ0n) is 18.8. The number of methoxy groups -OCH3 is 1. The summed E-state index contributed by atoms with van der Waals surface area (Å²) in [6, 6.07) is 17.3. The smallest absolute Gasteiger partial charge is 0.314 e. The van der Waals surface area contributed by atoms with Crippen molar-refractivity contribution < 1.29 is 23.5 Å². The van der Waals surface area contributed by atoms with Gasteiger partial charge >= 0.3 is 5.97 Å². The van der Waals surface area contributed by atoms with Crippen molar-refractivity contribution in [2.45, 2.75) is 33.8 Å². The monoisotopic (exact) mass is 436 g/mol. The lowest BCUT2D eigenvalue weighted by Crippen LogP contribution is -2.26. The van der Waals surface area contributed by atoms with Gasteiger partial charge in [0.15, 0.2) is 0 Å². The molecule has 0 amide bonds. The van der Waals surface area contributed by atoms with E-state index in [2.05, 4.69) is 10.1 Å². The lowest BCUT2D eigenvalue weighted by atomic mass is 9.95. The fourth-order valence-corrected chi connectivity index (χ4v) is 3.15. The summed E-state index contributed by atoms with van der Waals surface area (Å²) >= 11 is 0. The van der Waals surface area contributed by atoms with E-state index in [1.807, 2.05) is 68.4 Å². The number of carbonyl (C=O) groups is 1. The van der Waals surface area contributed by atoms with Crippen molar-refractivity contribution in [3.63, 3.8) is 0 Å². The molecule has 0 N–H and O–H groups in total. The second-order valence-electron chi connectivity index (χ2n) is 7.25. The number of aromatic nitrogens is 1. The van der Waals surface area contributed by atoms with Crippen molar-refractivity contribution in [1.82, 2.24) is 4.98 Å². The molecule has 1 atom stereocenters. The maximum atomic E-state index is 12.2. The Morgan fingerprint density at radius 3 is 2.50 bits per heavy atom. The molecule has 168 valence electrons. The molecule has 1 unspecified atom stereocenters. The van der Waals surface area contributed by atoms with E-state index in [4.69, 9.17) is 18.7 Å². The van der Waals surface area contributed by atoms with Gasteiger partial charge in [-0.05, 0) is 57.0 Å². The average molecular weight is 437 g/mol. The number of benzene rings is 2. The molecule has 3 aromatic rings. The van der Waals surface area contributed by atoms with Gasteiger partial charge in [-0.3, -0.25) is 4.79 Å². The predicted octanol–water partition coefficient (Wildman–Crippen LogP) is 4.97. The van der Waals surface area contributed by atoms with Crippen LogP contribution in [0.15, 0.2) is 64.2 Å². The first-order chi connectivity index (χ1) is 15.5. The van der Waals surface area contributed by atoms with E-state index >= 15 is 0 Å². The molecule has 7 nitrogen and oxygen atoms in total. The zero-order valence-corrected chi connectivity index (χ0v) is 18.8. The molecule has 0 saturated heterocycles. The summed E-state index contributed by atoms with van der Waals surface area (Å²) in [5.74, 6) is 1.15. The molecule has 0 radical (unpaired) electrons.